The Hall–Kier alpha value is -4.43. The van der Waals surface area contributed by atoms with E-state index in [1.807, 2.05) is 17.9 Å². The van der Waals surface area contributed by atoms with E-state index in [2.05, 4.69) is 21.2 Å². The summed E-state index contributed by atoms with van der Waals surface area (Å²) >= 11 is 0. The number of nitrogens with zero attached hydrogens (tertiary/aromatic N) is 3. The maximum atomic E-state index is 13.0. The molecule has 1 aromatic carbocycles. The van der Waals surface area contributed by atoms with Gasteiger partial charge in [0.05, 0.1) is 19.6 Å². The molecular weight excluding hydrogens is 513 g/mol. The van der Waals surface area contributed by atoms with Crippen LogP contribution in [0.2, 0.25) is 0 Å². The molecule has 1 fully saturated rings. The third-order valence-corrected chi connectivity index (χ3v) is 5.99. The first-order valence-corrected chi connectivity index (χ1v) is 12.1. The van der Waals surface area contributed by atoms with Gasteiger partial charge in [-0.1, -0.05) is 6.07 Å². The van der Waals surface area contributed by atoms with Crippen molar-refractivity contribution in [3.8, 4) is 29.4 Å². The van der Waals surface area contributed by atoms with Crippen molar-refractivity contribution in [2.45, 2.75) is 25.9 Å². The first-order chi connectivity index (χ1) is 18.7. The molecule has 3 aromatic rings. The Bertz CT molecular complexity index is 1410. The first kappa shape index (κ1) is 27.6. The zero-order valence-corrected chi connectivity index (χ0v) is 21.0. The van der Waals surface area contributed by atoms with Crippen LogP contribution in [-0.2, 0) is 15.7 Å². The summed E-state index contributed by atoms with van der Waals surface area (Å²) in [5, 5.41) is 2.64. The molecule has 1 N–H and O–H groups in total. The summed E-state index contributed by atoms with van der Waals surface area (Å²) < 4.78 is 50.0. The molecule has 0 saturated carbocycles. The Morgan fingerprint density at radius 2 is 1.92 bits per heavy atom. The molecule has 0 radical (unpaired) electrons. The molecular formula is C28H25F3N4O4. The highest BCUT2D eigenvalue weighted by Crippen LogP contribution is 2.35. The second-order valence-electron chi connectivity index (χ2n) is 8.74. The Labute approximate surface area is 223 Å². The van der Waals surface area contributed by atoms with Gasteiger partial charge in [-0.25, -0.2) is 4.98 Å². The van der Waals surface area contributed by atoms with Crippen molar-refractivity contribution in [2.24, 2.45) is 0 Å². The van der Waals surface area contributed by atoms with Crippen LogP contribution in [0.1, 0.15) is 34.5 Å². The molecule has 1 amide bonds. The molecule has 0 spiro atoms. The van der Waals surface area contributed by atoms with E-state index < -0.39 is 23.7 Å². The first-order valence-electron chi connectivity index (χ1n) is 12.1. The third kappa shape index (κ3) is 6.91. The van der Waals surface area contributed by atoms with Crippen molar-refractivity contribution in [1.82, 2.24) is 9.97 Å². The number of nitrogens with one attached hydrogen (secondary N) is 1. The lowest BCUT2D eigenvalue weighted by Crippen LogP contribution is -2.36. The number of hydrogen-bond acceptors (Lipinski definition) is 7. The molecule has 1 aliphatic heterocycles. The Balaban J connectivity index is 1.63. The molecule has 4 rings (SSSR count). The second-order valence-corrected chi connectivity index (χ2v) is 8.74. The number of carbonyl (C=O) groups excluding carboxylic acids is 2. The highest BCUT2D eigenvalue weighted by molar-refractivity contribution is 6.04. The predicted octanol–water partition coefficient (Wildman–Crippen LogP) is 4.88. The minimum absolute atomic E-state index is 0.0608. The number of hydrogen-bond donors (Lipinski definition) is 1. The zero-order valence-electron chi connectivity index (χ0n) is 21.0. The van der Waals surface area contributed by atoms with Gasteiger partial charge in [0.25, 0.3) is 5.91 Å². The van der Waals surface area contributed by atoms with Crippen LogP contribution in [0.15, 0.2) is 48.8 Å². The summed E-state index contributed by atoms with van der Waals surface area (Å²) in [4.78, 5) is 34.7. The molecule has 8 nitrogen and oxygen atoms in total. The van der Waals surface area contributed by atoms with E-state index in [1.54, 1.807) is 24.4 Å². The quantitative estimate of drug-likeness (QED) is 0.339. The number of benzene rings is 1. The minimum atomic E-state index is -4.67. The molecule has 0 bridgehead atoms. The van der Waals surface area contributed by atoms with Gasteiger partial charge in [0.1, 0.15) is 11.4 Å². The number of amides is 1. The summed E-state index contributed by atoms with van der Waals surface area (Å²) in [5.74, 6) is 1.36. The number of esters is 1. The highest BCUT2D eigenvalue weighted by Gasteiger charge is 2.33. The van der Waals surface area contributed by atoms with Gasteiger partial charge in [-0.05, 0) is 48.4 Å². The van der Waals surface area contributed by atoms with Gasteiger partial charge < -0.3 is 19.7 Å². The zero-order chi connectivity index (χ0) is 28.0. The molecule has 3 heterocycles. The van der Waals surface area contributed by atoms with Crippen molar-refractivity contribution in [1.29, 1.82) is 0 Å². The van der Waals surface area contributed by atoms with Crippen LogP contribution in [0.5, 0.6) is 5.88 Å². The molecule has 0 unspecified atom stereocenters. The SMILES string of the molecule is C#CCCC(=O)Oc1ncc(-c2cc(NC(=O)c3ccnc(C(F)(F)F)c3)ccc2C)cc1N1CCOCC1. The number of pyridine rings is 2. The predicted molar refractivity (Wildman–Crippen MR) is 138 cm³/mol. The molecule has 1 aliphatic rings. The molecule has 0 atom stereocenters. The fraction of sp³-hybridized carbons (Fsp3) is 0.286. The number of aromatic nitrogens is 2. The summed E-state index contributed by atoms with van der Waals surface area (Å²) in [6.45, 7) is 4.02. The lowest BCUT2D eigenvalue weighted by molar-refractivity contribution is -0.141. The average Bonchev–Trinajstić information content (AvgIpc) is 2.93. The van der Waals surface area contributed by atoms with Crippen LogP contribution in [0, 0.1) is 19.3 Å². The number of ether oxygens (including phenoxy) is 2. The van der Waals surface area contributed by atoms with Crippen LogP contribution in [0.3, 0.4) is 0 Å². The van der Waals surface area contributed by atoms with Gasteiger partial charge in [0.15, 0.2) is 0 Å². The van der Waals surface area contributed by atoms with E-state index in [0.717, 1.165) is 17.3 Å². The largest absolute Gasteiger partial charge is 0.433 e. The number of carbonyl (C=O) groups is 2. The summed E-state index contributed by atoms with van der Waals surface area (Å²) in [6.07, 6.45) is 3.39. The highest BCUT2D eigenvalue weighted by atomic mass is 19.4. The number of morpholine rings is 1. The van der Waals surface area contributed by atoms with Gasteiger partial charge in [0, 0.05) is 48.7 Å². The van der Waals surface area contributed by atoms with E-state index in [0.29, 0.717) is 49.3 Å². The van der Waals surface area contributed by atoms with Crippen molar-refractivity contribution in [3.63, 3.8) is 0 Å². The molecule has 202 valence electrons. The Morgan fingerprint density at radius 1 is 1.15 bits per heavy atom. The van der Waals surface area contributed by atoms with Crippen LogP contribution < -0.4 is 15.0 Å². The third-order valence-electron chi connectivity index (χ3n) is 5.99. The lowest BCUT2D eigenvalue weighted by Gasteiger charge is -2.30. The van der Waals surface area contributed by atoms with Gasteiger partial charge in [0.2, 0.25) is 5.88 Å². The summed E-state index contributed by atoms with van der Waals surface area (Å²) in [5.41, 5.74) is 1.94. The van der Waals surface area contributed by atoms with Crippen molar-refractivity contribution < 1.29 is 32.2 Å². The Morgan fingerprint density at radius 3 is 2.64 bits per heavy atom. The van der Waals surface area contributed by atoms with E-state index in [4.69, 9.17) is 15.9 Å². The smallest absolute Gasteiger partial charge is 0.405 e. The summed E-state index contributed by atoms with van der Waals surface area (Å²) in [7, 11) is 0. The van der Waals surface area contributed by atoms with Crippen LogP contribution in [-0.4, -0.2) is 48.1 Å². The topological polar surface area (TPSA) is 93.6 Å². The maximum absolute atomic E-state index is 13.0. The Kier molecular flexibility index (Phi) is 8.46. The van der Waals surface area contributed by atoms with Crippen molar-refractivity contribution >= 4 is 23.3 Å². The summed E-state index contributed by atoms with van der Waals surface area (Å²) in [6, 6.07) is 8.89. The van der Waals surface area contributed by atoms with E-state index in [1.165, 1.54) is 6.07 Å². The van der Waals surface area contributed by atoms with Gasteiger partial charge in [-0.3, -0.25) is 14.6 Å². The van der Waals surface area contributed by atoms with Crippen molar-refractivity contribution in [3.05, 3.63) is 65.6 Å². The van der Waals surface area contributed by atoms with Gasteiger partial charge in [-0.2, -0.15) is 13.2 Å². The fourth-order valence-electron chi connectivity index (χ4n) is 3.97. The molecule has 11 heteroatoms. The monoisotopic (exact) mass is 538 g/mol. The maximum Gasteiger partial charge on any atom is 0.433 e. The van der Waals surface area contributed by atoms with E-state index in [-0.39, 0.29) is 24.3 Å². The van der Waals surface area contributed by atoms with Crippen LogP contribution in [0.4, 0.5) is 24.5 Å². The van der Waals surface area contributed by atoms with Crippen LogP contribution >= 0.6 is 0 Å². The van der Waals surface area contributed by atoms with Gasteiger partial charge in [-0.15, -0.1) is 12.3 Å². The number of anilines is 2. The molecule has 39 heavy (non-hydrogen) atoms. The standard InChI is InChI=1S/C28H25F3N4O4/c1-3-4-5-25(36)39-27-23(35-10-12-38-13-11-35)14-20(17-33-27)22-16-21(7-6-18(22)2)34-26(37)19-8-9-32-24(15-19)28(29,30)31/h1,6-9,14-17H,4-5,10-13H2,2H3,(H,34,37). The van der Waals surface area contributed by atoms with Crippen molar-refractivity contribution in [2.75, 3.05) is 36.5 Å². The average molecular weight is 539 g/mol. The molecule has 2 aromatic heterocycles. The number of terminal acetylenes is 1. The second kappa shape index (κ2) is 12.0. The molecule has 0 aliphatic carbocycles. The minimum Gasteiger partial charge on any atom is -0.405 e. The molecule has 1 saturated heterocycles. The normalized spacial score (nSPS) is 13.5. The fourth-order valence-corrected chi connectivity index (χ4v) is 3.97. The number of aryl methyl sites for hydroxylation is 1. The van der Waals surface area contributed by atoms with Gasteiger partial charge >= 0.3 is 12.1 Å². The number of rotatable bonds is 7. The van der Waals surface area contributed by atoms with Crippen LogP contribution in [0.25, 0.3) is 11.1 Å². The van der Waals surface area contributed by atoms with E-state index in [9.17, 15) is 22.8 Å². The number of halogens is 3. The van der Waals surface area contributed by atoms with E-state index >= 15 is 0 Å². The lowest BCUT2D eigenvalue weighted by atomic mass is 10.0. The number of alkyl halides is 3.